The summed E-state index contributed by atoms with van der Waals surface area (Å²) in [7, 11) is 0. The van der Waals surface area contributed by atoms with Crippen LogP contribution in [0, 0.1) is 11.8 Å². The van der Waals surface area contributed by atoms with E-state index in [-0.39, 0.29) is 0 Å². The number of alkyl halides is 1. The van der Waals surface area contributed by atoms with Crippen LogP contribution < -0.4 is 0 Å². The van der Waals surface area contributed by atoms with Crippen LogP contribution in [0.25, 0.3) is 0 Å². The third-order valence-corrected chi connectivity index (χ3v) is 3.71. The van der Waals surface area contributed by atoms with Crippen molar-refractivity contribution in [2.45, 2.75) is 10.8 Å². The molecule has 1 rings (SSSR count). The van der Waals surface area contributed by atoms with Crippen molar-refractivity contribution in [1.29, 1.82) is 0 Å². The summed E-state index contributed by atoms with van der Waals surface area (Å²) in [6, 6.07) is 0. The standard InChI is InChI=1S/C5H9IO/c1-3-4(2-7)5(3)6/h3-5,7H,2H2,1H3/t3-,4-,5-/m1/s1. The Balaban J connectivity index is 2.24. The molecule has 1 fully saturated rings. The van der Waals surface area contributed by atoms with Crippen LogP contribution in [0.3, 0.4) is 0 Å². The molecule has 0 heterocycles. The summed E-state index contributed by atoms with van der Waals surface area (Å²) in [5.74, 6) is 1.38. The topological polar surface area (TPSA) is 20.2 Å². The molecule has 2 heteroatoms. The zero-order valence-corrected chi connectivity index (χ0v) is 6.42. The second-order valence-corrected chi connectivity index (χ2v) is 3.59. The fourth-order valence-electron chi connectivity index (χ4n) is 0.759. The molecule has 1 nitrogen and oxygen atoms in total. The summed E-state index contributed by atoms with van der Waals surface area (Å²) in [4.78, 5) is 0. The van der Waals surface area contributed by atoms with Gasteiger partial charge in [0.15, 0.2) is 0 Å². The molecule has 1 aliphatic carbocycles. The highest BCUT2D eigenvalue weighted by atomic mass is 127. The van der Waals surface area contributed by atoms with E-state index in [0.29, 0.717) is 12.5 Å². The first kappa shape index (κ1) is 5.82. The number of aliphatic hydroxyl groups excluding tert-OH is 1. The van der Waals surface area contributed by atoms with E-state index in [1.54, 1.807) is 0 Å². The fourth-order valence-corrected chi connectivity index (χ4v) is 1.93. The van der Waals surface area contributed by atoms with Gasteiger partial charge in [0, 0.05) is 10.5 Å². The van der Waals surface area contributed by atoms with Crippen molar-refractivity contribution >= 4 is 22.6 Å². The van der Waals surface area contributed by atoms with E-state index in [9.17, 15) is 0 Å². The van der Waals surface area contributed by atoms with E-state index in [1.165, 1.54) is 0 Å². The van der Waals surface area contributed by atoms with E-state index in [2.05, 4.69) is 29.5 Å². The molecule has 0 aliphatic heterocycles. The van der Waals surface area contributed by atoms with Crippen molar-refractivity contribution in [1.82, 2.24) is 0 Å². The summed E-state index contributed by atoms with van der Waals surface area (Å²) in [5.41, 5.74) is 0. The Bertz CT molecular complexity index is 66.5. The SMILES string of the molecule is C[C@H]1[C@@H](I)[C@@H]1CO. The monoisotopic (exact) mass is 212 g/mol. The van der Waals surface area contributed by atoms with Crippen LogP contribution in [0.2, 0.25) is 0 Å². The molecule has 0 spiro atoms. The van der Waals surface area contributed by atoms with Gasteiger partial charge in [-0.1, -0.05) is 29.5 Å². The molecule has 0 aromatic rings. The molecule has 1 saturated carbocycles. The second kappa shape index (κ2) is 1.90. The van der Waals surface area contributed by atoms with Gasteiger partial charge in [-0.15, -0.1) is 0 Å². The maximum absolute atomic E-state index is 8.54. The van der Waals surface area contributed by atoms with Crippen LogP contribution in [0.1, 0.15) is 6.92 Å². The Morgan fingerprint density at radius 1 is 1.71 bits per heavy atom. The number of hydrogen-bond acceptors (Lipinski definition) is 1. The Morgan fingerprint density at radius 2 is 2.14 bits per heavy atom. The predicted octanol–water partition coefficient (Wildman–Crippen LogP) is 1.05. The minimum Gasteiger partial charge on any atom is -0.396 e. The van der Waals surface area contributed by atoms with Gasteiger partial charge < -0.3 is 5.11 Å². The van der Waals surface area contributed by atoms with Crippen LogP contribution in [-0.4, -0.2) is 15.6 Å². The molecule has 1 N–H and O–H groups in total. The van der Waals surface area contributed by atoms with E-state index in [0.717, 1.165) is 9.84 Å². The quantitative estimate of drug-likeness (QED) is 0.508. The molecule has 0 unspecified atom stereocenters. The highest BCUT2D eigenvalue weighted by Crippen LogP contribution is 2.44. The lowest BCUT2D eigenvalue weighted by Crippen LogP contribution is -1.85. The summed E-state index contributed by atoms with van der Waals surface area (Å²) >= 11 is 2.38. The van der Waals surface area contributed by atoms with Gasteiger partial charge in [0.25, 0.3) is 0 Å². The highest BCUT2D eigenvalue weighted by molar-refractivity contribution is 14.1. The minimum absolute atomic E-state index is 0.384. The van der Waals surface area contributed by atoms with Gasteiger partial charge in [0.1, 0.15) is 0 Å². The van der Waals surface area contributed by atoms with Crippen molar-refractivity contribution in [3.05, 3.63) is 0 Å². The largest absolute Gasteiger partial charge is 0.396 e. The lowest BCUT2D eigenvalue weighted by atomic mass is 10.4. The normalized spacial score (nSPS) is 49.3. The average Bonchev–Trinajstić information content (AvgIpc) is 2.17. The zero-order valence-electron chi connectivity index (χ0n) is 4.26. The lowest BCUT2D eigenvalue weighted by molar-refractivity contribution is 0.271. The van der Waals surface area contributed by atoms with Gasteiger partial charge in [-0.05, 0) is 11.8 Å². The van der Waals surface area contributed by atoms with Crippen molar-refractivity contribution in [3.63, 3.8) is 0 Å². The highest BCUT2D eigenvalue weighted by Gasteiger charge is 2.43. The Labute approximate surface area is 57.2 Å². The Morgan fingerprint density at radius 3 is 2.14 bits per heavy atom. The molecule has 0 aromatic heterocycles. The van der Waals surface area contributed by atoms with Crippen LogP contribution in [0.4, 0.5) is 0 Å². The van der Waals surface area contributed by atoms with Crippen LogP contribution in [0.5, 0.6) is 0 Å². The maximum Gasteiger partial charge on any atom is 0.0472 e. The second-order valence-electron chi connectivity index (χ2n) is 2.15. The van der Waals surface area contributed by atoms with Gasteiger partial charge in [-0.2, -0.15) is 0 Å². The molecule has 0 radical (unpaired) electrons. The molecule has 1 aliphatic rings. The molecule has 0 aromatic carbocycles. The summed E-state index contributed by atoms with van der Waals surface area (Å²) in [6.45, 7) is 2.56. The first-order valence-corrected chi connectivity index (χ1v) is 3.77. The van der Waals surface area contributed by atoms with E-state index in [1.807, 2.05) is 0 Å². The van der Waals surface area contributed by atoms with Crippen molar-refractivity contribution in [2.24, 2.45) is 11.8 Å². The van der Waals surface area contributed by atoms with Crippen molar-refractivity contribution in [2.75, 3.05) is 6.61 Å². The predicted molar refractivity (Wildman–Crippen MR) is 37.5 cm³/mol. The fraction of sp³-hybridized carbons (Fsp3) is 1.00. The molecular formula is C5H9IO. The number of halogens is 1. The summed E-state index contributed by atoms with van der Waals surface area (Å²) in [6.07, 6.45) is 0. The molecule has 0 saturated heterocycles. The van der Waals surface area contributed by atoms with Crippen molar-refractivity contribution in [3.8, 4) is 0 Å². The molecular weight excluding hydrogens is 203 g/mol. The number of hydrogen-bond donors (Lipinski definition) is 1. The van der Waals surface area contributed by atoms with Crippen LogP contribution in [0.15, 0.2) is 0 Å². The molecule has 7 heavy (non-hydrogen) atoms. The van der Waals surface area contributed by atoms with Gasteiger partial charge >= 0.3 is 0 Å². The third kappa shape index (κ3) is 0.914. The van der Waals surface area contributed by atoms with Crippen LogP contribution >= 0.6 is 22.6 Å². The van der Waals surface area contributed by atoms with E-state index in [4.69, 9.17) is 5.11 Å². The Kier molecular flexibility index (Phi) is 1.58. The molecule has 0 bridgehead atoms. The molecule has 0 amide bonds. The minimum atomic E-state index is 0.384. The van der Waals surface area contributed by atoms with E-state index >= 15 is 0 Å². The van der Waals surface area contributed by atoms with Crippen LogP contribution in [-0.2, 0) is 0 Å². The van der Waals surface area contributed by atoms with Crippen molar-refractivity contribution < 1.29 is 5.11 Å². The van der Waals surface area contributed by atoms with Gasteiger partial charge in [-0.3, -0.25) is 0 Å². The summed E-state index contributed by atoms with van der Waals surface area (Å²) < 4.78 is 0.752. The Hall–Kier alpha value is 0.690. The zero-order chi connectivity index (χ0) is 5.44. The lowest BCUT2D eigenvalue weighted by Gasteiger charge is -1.79. The summed E-state index contributed by atoms with van der Waals surface area (Å²) in [5, 5.41) is 8.54. The first-order valence-electron chi connectivity index (χ1n) is 2.52. The first-order chi connectivity index (χ1) is 3.27. The van der Waals surface area contributed by atoms with Gasteiger partial charge in [0.2, 0.25) is 0 Å². The molecule has 42 valence electrons. The maximum atomic E-state index is 8.54. The van der Waals surface area contributed by atoms with E-state index < -0.39 is 0 Å². The number of aliphatic hydroxyl groups is 1. The van der Waals surface area contributed by atoms with Gasteiger partial charge in [0.05, 0.1) is 0 Å². The molecule has 3 atom stereocenters. The smallest absolute Gasteiger partial charge is 0.0472 e. The van der Waals surface area contributed by atoms with Gasteiger partial charge in [-0.25, -0.2) is 0 Å². The third-order valence-electron chi connectivity index (χ3n) is 1.66. The number of rotatable bonds is 1. The average molecular weight is 212 g/mol.